The lowest BCUT2D eigenvalue weighted by molar-refractivity contribution is 0.304. The summed E-state index contributed by atoms with van der Waals surface area (Å²) in [4.78, 5) is 7.10. The topological polar surface area (TPSA) is 54.7 Å². The minimum absolute atomic E-state index is 0.241. The van der Waals surface area contributed by atoms with E-state index in [-0.39, 0.29) is 5.54 Å². The van der Waals surface area contributed by atoms with Gasteiger partial charge in [0.2, 0.25) is 0 Å². The minimum atomic E-state index is 0.241. The van der Waals surface area contributed by atoms with Crippen LogP contribution >= 0.6 is 0 Å². The van der Waals surface area contributed by atoms with E-state index in [0.29, 0.717) is 0 Å². The number of hydrogen-bond donors (Lipinski definition) is 1. The Morgan fingerprint density at radius 3 is 2.65 bits per heavy atom. The van der Waals surface area contributed by atoms with Gasteiger partial charge in [0.05, 0.1) is 25.0 Å². The molecule has 1 saturated heterocycles. The number of piperidine rings is 1. The van der Waals surface area contributed by atoms with E-state index in [1.807, 2.05) is 36.1 Å². The SMILES string of the molecule is CNC1(C)CCN(c2ccc(-c3cc(OC)cn4nccc34)cn2)CC1. The summed E-state index contributed by atoms with van der Waals surface area (Å²) < 4.78 is 7.25. The normalized spacial score (nSPS) is 16.8. The zero-order valence-electron chi connectivity index (χ0n) is 15.6. The van der Waals surface area contributed by atoms with Gasteiger partial charge in [-0.05, 0) is 51.1 Å². The van der Waals surface area contributed by atoms with Gasteiger partial charge in [0.1, 0.15) is 11.6 Å². The van der Waals surface area contributed by atoms with E-state index in [4.69, 9.17) is 9.72 Å². The second kappa shape index (κ2) is 6.61. The summed E-state index contributed by atoms with van der Waals surface area (Å²) in [5.74, 6) is 1.82. The standard InChI is InChI=1S/C20H25N5O/c1-20(21-2)7-10-24(11-8-20)19-5-4-15(13-22-19)17-12-16(26-3)14-25-18(17)6-9-23-25/h4-6,9,12-14,21H,7-8,10-11H2,1-3H3. The molecule has 1 aliphatic heterocycles. The zero-order valence-corrected chi connectivity index (χ0v) is 15.6. The molecule has 0 amide bonds. The molecule has 1 fully saturated rings. The van der Waals surface area contributed by atoms with E-state index in [2.05, 4.69) is 34.4 Å². The average molecular weight is 351 g/mol. The molecule has 3 aromatic rings. The Balaban J connectivity index is 1.60. The number of hydrogen-bond acceptors (Lipinski definition) is 5. The Hall–Kier alpha value is -2.60. The zero-order chi connectivity index (χ0) is 18.1. The summed E-state index contributed by atoms with van der Waals surface area (Å²) in [5, 5.41) is 7.77. The van der Waals surface area contributed by atoms with Crippen molar-refractivity contribution in [1.29, 1.82) is 0 Å². The summed E-state index contributed by atoms with van der Waals surface area (Å²) in [6, 6.07) is 8.29. The fourth-order valence-corrected chi connectivity index (χ4v) is 3.56. The van der Waals surface area contributed by atoms with Crippen LogP contribution < -0.4 is 15.0 Å². The molecule has 136 valence electrons. The molecule has 0 bridgehead atoms. The first-order chi connectivity index (χ1) is 12.6. The lowest BCUT2D eigenvalue weighted by Gasteiger charge is -2.39. The molecule has 0 saturated carbocycles. The van der Waals surface area contributed by atoms with Gasteiger partial charge in [-0.25, -0.2) is 9.50 Å². The third-order valence-corrected chi connectivity index (χ3v) is 5.57. The Labute approximate surface area is 153 Å². The van der Waals surface area contributed by atoms with Crippen LogP contribution in [-0.2, 0) is 0 Å². The van der Waals surface area contributed by atoms with Gasteiger partial charge in [-0.3, -0.25) is 0 Å². The summed E-state index contributed by atoms with van der Waals surface area (Å²) >= 11 is 0. The van der Waals surface area contributed by atoms with Crippen LogP contribution in [0.2, 0.25) is 0 Å². The first kappa shape index (κ1) is 16.8. The van der Waals surface area contributed by atoms with Crippen molar-refractivity contribution in [1.82, 2.24) is 19.9 Å². The monoisotopic (exact) mass is 351 g/mol. The molecular weight excluding hydrogens is 326 g/mol. The maximum Gasteiger partial charge on any atom is 0.137 e. The van der Waals surface area contributed by atoms with E-state index >= 15 is 0 Å². The van der Waals surface area contributed by atoms with Crippen LogP contribution in [0.15, 0.2) is 42.9 Å². The largest absolute Gasteiger partial charge is 0.495 e. The molecule has 1 aliphatic rings. The van der Waals surface area contributed by atoms with Gasteiger partial charge in [-0.2, -0.15) is 5.10 Å². The summed E-state index contributed by atoms with van der Waals surface area (Å²) in [6.07, 6.45) is 7.88. The Morgan fingerprint density at radius 1 is 1.19 bits per heavy atom. The van der Waals surface area contributed by atoms with Crippen molar-refractivity contribution < 1.29 is 4.74 Å². The van der Waals surface area contributed by atoms with E-state index in [9.17, 15) is 0 Å². The number of anilines is 1. The molecule has 4 heterocycles. The quantitative estimate of drug-likeness (QED) is 0.783. The van der Waals surface area contributed by atoms with Crippen LogP contribution in [0.5, 0.6) is 5.75 Å². The molecule has 0 radical (unpaired) electrons. The van der Waals surface area contributed by atoms with Gasteiger partial charge >= 0.3 is 0 Å². The number of nitrogens with one attached hydrogen (secondary N) is 1. The predicted octanol–water partition coefficient (Wildman–Crippen LogP) is 2.98. The van der Waals surface area contributed by atoms with E-state index in [0.717, 1.165) is 54.1 Å². The highest BCUT2D eigenvalue weighted by Gasteiger charge is 2.28. The van der Waals surface area contributed by atoms with Crippen molar-refractivity contribution in [2.24, 2.45) is 0 Å². The Morgan fingerprint density at radius 2 is 2.00 bits per heavy atom. The fourth-order valence-electron chi connectivity index (χ4n) is 3.56. The predicted molar refractivity (Wildman–Crippen MR) is 104 cm³/mol. The van der Waals surface area contributed by atoms with Crippen LogP contribution in [-0.4, -0.2) is 47.4 Å². The average Bonchev–Trinajstić information content (AvgIpc) is 3.16. The minimum Gasteiger partial charge on any atom is -0.495 e. The van der Waals surface area contributed by atoms with Crippen LogP contribution in [0.3, 0.4) is 0 Å². The van der Waals surface area contributed by atoms with Crippen LogP contribution in [0.25, 0.3) is 16.6 Å². The molecule has 0 aromatic carbocycles. The van der Waals surface area contributed by atoms with E-state index < -0.39 is 0 Å². The van der Waals surface area contributed by atoms with Gasteiger partial charge in [0.25, 0.3) is 0 Å². The maximum absolute atomic E-state index is 5.41. The lowest BCUT2D eigenvalue weighted by Crippen LogP contribution is -2.50. The lowest BCUT2D eigenvalue weighted by atomic mass is 9.90. The smallest absolute Gasteiger partial charge is 0.137 e. The second-order valence-electron chi connectivity index (χ2n) is 7.16. The third kappa shape index (κ3) is 3.01. The summed E-state index contributed by atoms with van der Waals surface area (Å²) in [6.45, 7) is 4.34. The van der Waals surface area contributed by atoms with Gasteiger partial charge in [-0.1, -0.05) is 0 Å². The summed E-state index contributed by atoms with van der Waals surface area (Å²) in [7, 11) is 3.72. The molecule has 1 N–H and O–H groups in total. The van der Waals surface area contributed by atoms with Crippen molar-refractivity contribution in [3.05, 3.63) is 42.9 Å². The highest BCUT2D eigenvalue weighted by Crippen LogP contribution is 2.30. The highest BCUT2D eigenvalue weighted by molar-refractivity contribution is 5.81. The number of aromatic nitrogens is 3. The molecule has 6 nitrogen and oxygen atoms in total. The number of rotatable bonds is 4. The molecule has 4 rings (SSSR count). The van der Waals surface area contributed by atoms with Gasteiger partial charge in [0.15, 0.2) is 0 Å². The first-order valence-electron chi connectivity index (χ1n) is 9.03. The van der Waals surface area contributed by atoms with Crippen LogP contribution in [0.4, 0.5) is 5.82 Å². The Bertz CT molecular complexity index is 894. The van der Waals surface area contributed by atoms with Crippen molar-refractivity contribution in [3.63, 3.8) is 0 Å². The summed E-state index contributed by atoms with van der Waals surface area (Å²) in [5.41, 5.74) is 3.42. The molecule has 0 unspecified atom stereocenters. The van der Waals surface area contributed by atoms with Crippen molar-refractivity contribution in [2.45, 2.75) is 25.3 Å². The van der Waals surface area contributed by atoms with Crippen LogP contribution in [0, 0.1) is 0 Å². The van der Waals surface area contributed by atoms with Gasteiger partial charge in [0, 0.05) is 36.0 Å². The fraction of sp³-hybridized carbons (Fsp3) is 0.400. The molecule has 3 aromatic heterocycles. The molecule has 0 atom stereocenters. The highest BCUT2D eigenvalue weighted by atomic mass is 16.5. The molecule has 0 spiro atoms. The molecule has 0 aliphatic carbocycles. The number of nitrogens with zero attached hydrogens (tertiary/aromatic N) is 4. The Kier molecular flexibility index (Phi) is 4.28. The van der Waals surface area contributed by atoms with Crippen molar-refractivity contribution >= 4 is 11.3 Å². The number of pyridine rings is 2. The van der Waals surface area contributed by atoms with E-state index in [1.165, 1.54) is 0 Å². The first-order valence-corrected chi connectivity index (χ1v) is 9.03. The van der Waals surface area contributed by atoms with Gasteiger partial charge in [-0.15, -0.1) is 0 Å². The molecular formula is C20H25N5O. The maximum atomic E-state index is 5.41. The van der Waals surface area contributed by atoms with Gasteiger partial charge < -0.3 is 15.0 Å². The molecule has 6 heteroatoms. The third-order valence-electron chi connectivity index (χ3n) is 5.57. The van der Waals surface area contributed by atoms with E-state index in [1.54, 1.807) is 13.3 Å². The number of methoxy groups -OCH3 is 1. The second-order valence-corrected chi connectivity index (χ2v) is 7.16. The number of ether oxygens (including phenoxy) is 1. The molecule has 26 heavy (non-hydrogen) atoms. The van der Waals surface area contributed by atoms with Crippen LogP contribution in [0.1, 0.15) is 19.8 Å². The van der Waals surface area contributed by atoms with Crippen molar-refractivity contribution in [2.75, 3.05) is 32.1 Å². The number of fused-ring (bicyclic) bond motifs is 1. The van der Waals surface area contributed by atoms with Crippen molar-refractivity contribution in [3.8, 4) is 16.9 Å².